The Morgan fingerprint density at radius 2 is 1.93 bits per heavy atom. The van der Waals surface area contributed by atoms with Gasteiger partial charge in [0.15, 0.2) is 0 Å². The van der Waals surface area contributed by atoms with Crippen molar-refractivity contribution in [3.63, 3.8) is 0 Å². The minimum Gasteiger partial charge on any atom is -0.395 e. The van der Waals surface area contributed by atoms with Crippen molar-refractivity contribution in [1.29, 1.82) is 0 Å². The molecule has 0 saturated carbocycles. The molecule has 3 fully saturated rings. The molecule has 7 nitrogen and oxygen atoms in total. The van der Waals surface area contributed by atoms with Gasteiger partial charge in [0.05, 0.1) is 30.4 Å². The first-order chi connectivity index (χ1) is 13.7. The topological polar surface area (TPSA) is 69.1 Å². The maximum absolute atomic E-state index is 12.7. The molecule has 3 saturated heterocycles. The molecule has 2 unspecified atom stereocenters. The molecule has 0 bridgehead atoms. The third-order valence-electron chi connectivity index (χ3n) is 6.17. The van der Waals surface area contributed by atoms with Crippen LogP contribution in [-0.2, 0) is 4.74 Å². The van der Waals surface area contributed by atoms with Gasteiger partial charge in [0.25, 0.3) is 5.91 Å². The number of carbonyl (C=O) groups is 1. The number of amides is 1. The van der Waals surface area contributed by atoms with Gasteiger partial charge in [0.1, 0.15) is 5.82 Å². The van der Waals surface area contributed by atoms with Gasteiger partial charge < -0.3 is 19.6 Å². The van der Waals surface area contributed by atoms with E-state index in [1.165, 1.54) is 0 Å². The van der Waals surface area contributed by atoms with Gasteiger partial charge in [-0.25, -0.2) is 4.98 Å². The Labute approximate surface area is 171 Å². The van der Waals surface area contributed by atoms with Crippen LogP contribution in [0.2, 0.25) is 5.02 Å². The lowest BCUT2D eigenvalue weighted by Crippen LogP contribution is -2.44. The molecule has 154 valence electrons. The average Bonchev–Trinajstić information content (AvgIpc) is 3.37. The summed E-state index contributed by atoms with van der Waals surface area (Å²) in [6, 6.07) is 2.38. The average molecular weight is 409 g/mol. The number of nitrogens with zero attached hydrogens (tertiary/aromatic N) is 4. The fourth-order valence-electron chi connectivity index (χ4n) is 4.63. The van der Waals surface area contributed by atoms with E-state index in [1.54, 1.807) is 17.2 Å². The largest absolute Gasteiger partial charge is 0.395 e. The van der Waals surface area contributed by atoms with Crippen LogP contribution in [0.5, 0.6) is 0 Å². The zero-order valence-electron chi connectivity index (χ0n) is 16.2. The van der Waals surface area contributed by atoms with Gasteiger partial charge in [-0.2, -0.15) is 0 Å². The number of aliphatic hydroxyl groups is 1. The van der Waals surface area contributed by atoms with Gasteiger partial charge >= 0.3 is 0 Å². The number of aliphatic hydroxyl groups excluding tert-OH is 1. The van der Waals surface area contributed by atoms with E-state index in [1.807, 2.05) is 0 Å². The van der Waals surface area contributed by atoms with Crippen LogP contribution < -0.4 is 4.90 Å². The Balaban J connectivity index is 1.46. The van der Waals surface area contributed by atoms with E-state index in [0.717, 1.165) is 51.1 Å². The fraction of sp³-hybridized carbons (Fsp3) is 0.700. The second-order valence-corrected chi connectivity index (χ2v) is 8.30. The number of anilines is 1. The maximum atomic E-state index is 12.7. The number of aromatic nitrogens is 1. The number of hydrogen-bond donors (Lipinski definition) is 1. The van der Waals surface area contributed by atoms with Crippen molar-refractivity contribution in [2.24, 2.45) is 0 Å². The zero-order chi connectivity index (χ0) is 19.5. The van der Waals surface area contributed by atoms with Crippen LogP contribution in [-0.4, -0.2) is 90.4 Å². The molecule has 0 radical (unpaired) electrons. The van der Waals surface area contributed by atoms with Crippen LogP contribution in [0.3, 0.4) is 0 Å². The van der Waals surface area contributed by atoms with Crippen molar-refractivity contribution < 1.29 is 14.6 Å². The highest BCUT2D eigenvalue weighted by atomic mass is 35.5. The lowest BCUT2D eigenvalue weighted by molar-refractivity contribution is 0.0302. The van der Waals surface area contributed by atoms with E-state index >= 15 is 0 Å². The summed E-state index contributed by atoms with van der Waals surface area (Å²) in [6.45, 7) is 5.48. The van der Waals surface area contributed by atoms with Gasteiger partial charge in [0.2, 0.25) is 0 Å². The van der Waals surface area contributed by atoms with Gasteiger partial charge in [-0.3, -0.25) is 9.69 Å². The van der Waals surface area contributed by atoms with Crippen LogP contribution in [0.4, 0.5) is 5.82 Å². The summed E-state index contributed by atoms with van der Waals surface area (Å²) in [7, 11) is 0. The molecular formula is C20H29ClN4O3. The van der Waals surface area contributed by atoms with Crippen molar-refractivity contribution in [1.82, 2.24) is 14.8 Å². The number of morpholine rings is 1. The molecule has 0 aromatic carbocycles. The molecule has 1 N–H and O–H groups in total. The Kier molecular flexibility index (Phi) is 6.35. The highest BCUT2D eigenvalue weighted by molar-refractivity contribution is 6.33. The standard InChI is InChI=1S/C20H29ClN4O3/c21-18-11-15(20(27)23-7-9-28-10-8-23)12-22-19(18)25-6-2-3-16(25)13-24-5-1-4-17(24)14-26/h11-12,16-17,26H,1-10,13-14H2. The lowest BCUT2D eigenvalue weighted by atomic mass is 10.1. The summed E-state index contributed by atoms with van der Waals surface area (Å²) in [5.74, 6) is 0.729. The molecular weight excluding hydrogens is 380 g/mol. The lowest BCUT2D eigenvalue weighted by Gasteiger charge is -2.32. The summed E-state index contributed by atoms with van der Waals surface area (Å²) in [6.07, 6.45) is 6.08. The summed E-state index contributed by atoms with van der Waals surface area (Å²) in [5, 5.41) is 10.1. The molecule has 1 amide bonds. The highest BCUT2D eigenvalue weighted by Crippen LogP contribution is 2.32. The summed E-state index contributed by atoms with van der Waals surface area (Å²) in [5.41, 5.74) is 0.534. The van der Waals surface area contributed by atoms with Gasteiger partial charge in [-0.15, -0.1) is 0 Å². The first-order valence-electron chi connectivity index (χ1n) is 10.3. The molecule has 0 aliphatic carbocycles. The predicted octanol–water partition coefficient (Wildman–Crippen LogP) is 1.63. The van der Waals surface area contributed by atoms with E-state index in [4.69, 9.17) is 16.3 Å². The molecule has 8 heteroatoms. The third-order valence-corrected chi connectivity index (χ3v) is 6.45. The van der Waals surface area contributed by atoms with E-state index < -0.39 is 0 Å². The second kappa shape index (κ2) is 8.95. The second-order valence-electron chi connectivity index (χ2n) is 7.90. The number of pyridine rings is 1. The molecule has 3 aliphatic heterocycles. The Bertz CT molecular complexity index is 698. The fourth-order valence-corrected chi connectivity index (χ4v) is 4.90. The maximum Gasteiger partial charge on any atom is 0.255 e. The summed E-state index contributed by atoms with van der Waals surface area (Å²) >= 11 is 6.58. The number of likely N-dealkylation sites (tertiary alicyclic amines) is 1. The van der Waals surface area contributed by atoms with Crippen LogP contribution in [0.1, 0.15) is 36.0 Å². The van der Waals surface area contributed by atoms with Crippen molar-refractivity contribution in [2.75, 3.05) is 57.4 Å². The molecule has 1 aromatic heterocycles. The van der Waals surface area contributed by atoms with E-state index in [0.29, 0.717) is 42.9 Å². The Morgan fingerprint density at radius 3 is 2.68 bits per heavy atom. The highest BCUT2D eigenvalue weighted by Gasteiger charge is 2.33. The van der Waals surface area contributed by atoms with Gasteiger partial charge in [-0.05, 0) is 38.3 Å². The van der Waals surface area contributed by atoms with E-state index in [2.05, 4.69) is 14.8 Å². The van der Waals surface area contributed by atoms with Crippen molar-refractivity contribution >= 4 is 23.3 Å². The van der Waals surface area contributed by atoms with Crippen molar-refractivity contribution in [3.05, 3.63) is 22.8 Å². The van der Waals surface area contributed by atoms with Crippen LogP contribution in [0, 0.1) is 0 Å². The SMILES string of the molecule is O=C(c1cnc(N2CCCC2CN2CCCC2CO)c(Cl)c1)N1CCOCC1. The number of hydrogen-bond acceptors (Lipinski definition) is 6. The number of halogens is 1. The van der Waals surface area contributed by atoms with Crippen molar-refractivity contribution in [3.8, 4) is 0 Å². The number of rotatable bonds is 5. The first-order valence-corrected chi connectivity index (χ1v) is 10.7. The van der Waals surface area contributed by atoms with E-state index in [9.17, 15) is 9.90 Å². The molecule has 4 rings (SSSR count). The van der Waals surface area contributed by atoms with Crippen LogP contribution in [0.15, 0.2) is 12.3 Å². The van der Waals surface area contributed by atoms with E-state index in [-0.39, 0.29) is 18.6 Å². The quantitative estimate of drug-likeness (QED) is 0.798. The Morgan fingerprint density at radius 1 is 1.18 bits per heavy atom. The first kappa shape index (κ1) is 19.9. The summed E-state index contributed by atoms with van der Waals surface area (Å²) in [4.78, 5) is 23.7. The molecule has 4 heterocycles. The minimum atomic E-state index is -0.0370. The molecule has 2 atom stereocenters. The monoisotopic (exact) mass is 408 g/mol. The summed E-state index contributed by atoms with van der Waals surface area (Å²) < 4.78 is 5.32. The van der Waals surface area contributed by atoms with Crippen molar-refractivity contribution in [2.45, 2.75) is 37.8 Å². The number of ether oxygens (including phenoxy) is 1. The minimum absolute atomic E-state index is 0.0370. The third kappa shape index (κ3) is 4.13. The molecule has 1 aromatic rings. The predicted molar refractivity (Wildman–Crippen MR) is 108 cm³/mol. The zero-order valence-corrected chi connectivity index (χ0v) is 17.0. The normalized spacial score (nSPS) is 26.2. The molecule has 3 aliphatic rings. The Hall–Kier alpha value is -1.41. The van der Waals surface area contributed by atoms with Crippen LogP contribution >= 0.6 is 11.6 Å². The smallest absolute Gasteiger partial charge is 0.255 e. The molecule has 28 heavy (non-hydrogen) atoms. The van der Waals surface area contributed by atoms with Crippen LogP contribution in [0.25, 0.3) is 0 Å². The number of carbonyl (C=O) groups excluding carboxylic acids is 1. The van der Waals surface area contributed by atoms with Gasteiger partial charge in [0, 0.05) is 44.5 Å². The molecule has 0 spiro atoms. The van der Waals surface area contributed by atoms with Gasteiger partial charge in [-0.1, -0.05) is 11.6 Å².